The lowest BCUT2D eigenvalue weighted by Gasteiger charge is -2.47. The first kappa shape index (κ1) is 7.35. The van der Waals surface area contributed by atoms with Gasteiger partial charge in [0.15, 0.2) is 5.78 Å². The van der Waals surface area contributed by atoms with Crippen molar-refractivity contribution in [2.24, 2.45) is 11.8 Å². The summed E-state index contributed by atoms with van der Waals surface area (Å²) in [6.07, 6.45) is 6.28. The second-order valence-electron chi connectivity index (χ2n) is 3.58. The molecule has 2 aliphatic rings. The molecule has 2 heteroatoms. The Balaban J connectivity index is 2.27. The number of allylic oxidation sites excluding steroid dienone is 2. The lowest BCUT2D eigenvalue weighted by Crippen LogP contribution is -2.57. The number of alkyl halides is 1. The van der Waals surface area contributed by atoms with Crippen LogP contribution in [0.4, 0.5) is 0 Å². The third-order valence-electron chi connectivity index (χ3n) is 2.87. The molecule has 1 saturated carbocycles. The first-order valence-electron chi connectivity index (χ1n) is 4.04. The zero-order valence-electron chi connectivity index (χ0n) is 6.51. The highest BCUT2D eigenvalue weighted by atomic mass is 35.5. The lowest BCUT2D eigenvalue weighted by molar-refractivity contribution is -0.137. The van der Waals surface area contributed by atoms with E-state index in [0.717, 1.165) is 12.8 Å². The summed E-state index contributed by atoms with van der Waals surface area (Å²) in [5.41, 5.74) is 0. The maximum Gasteiger partial charge on any atom is 0.157 e. The standard InChI is InChI=1S/C9H11ClO/c1-9(10)7-5-3-2-4-6(7)8(9)11/h3,5-7H,2,4H2,1H3/t6-,7+,9-/m0/s1. The van der Waals surface area contributed by atoms with Gasteiger partial charge in [-0.2, -0.15) is 0 Å². The topological polar surface area (TPSA) is 17.1 Å². The molecular formula is C9H11ClO. The molecule has 0 radical (unpaired) electrons. The van der Waals surface area contributed by atoms with Crippen LogP contribution < -0.4 is 0 Å². The van der Waals surface area contributed by atoms with Crippen LogP contribution >= 0.6 is 11.6 Å². The minimum atomic E-state index is -0.582. The smallest absolute Gasteiger partial charge is 0.157 e. The highest BCUT2D eigenvalue weighted by molar-refractivity contribution is 6.38. The van der Waals surface area contributed by atoms with Crippen molar-refractivity contribution >= 4 is 17.4 Å². The highest BCUT2D eigenvalue weighted by Gasteiger charge is 2.56. The number of fused-ring (bicyclic) bond motifs is 1. The monoisotopic (exact) mass is 170 g/mol. The summed E-state index contributed by atoms with van der Waals surface area (Å²) in [4.78, 5) is 10.8. The van der Waals surface area contributed by atoms with E-state index in [-0.39, 0.29) is 11.7 Å². The number of hydrogen-bond donors (Lipinski definition) is 0. The van der Waals surface area contributed by atoms with Crippen LogP contribution in [0.25, 0.3) is 0 Å². The third kappa shape index (κ3) is 0.807. The van der Waals surface area contributed by atoms with E-state index in [1.165, 1.54) is 0 Å². The molecule has 0 saturated heterocycles. The molecule has 0 aromatic carbocycles. The number of rotatable bonds is 0. The molecule has 60 valence electrons. The summed E-state index contributed by atoms with van der Waals surface area (Å²) in [7, 11) is 0. The second kappa shape index (κ2) is 2.10. The number of ketones is 1. The van der Waals surface area contributed by atoms with Gasteiger partial charge in [-0.05, 0) is 19.8 Å². The molecule has 0 heterocycles. The fraction of sp³-hybridized carbons (Fsp3) is 0.667. The van der Waals surface area contributed by atoms with E-state index in [1.807, 2.05) is 6.92 Å². The Morgan fingerprint density at radius 1 is 1.73 bits per heavy atom. The summed E-state index contributed by atoms with van der Waals surface area (Å²) >= 11 is 6.03. The Hall–Kier alpha value is -0.300. The van der Waals surface area contributed by atoms with E-state index in [9.17, 15) is 4.79 Å². The van der Waals surface area contributed by atoms with E-state index >= 15 is 0 Å². The maximum atomic E-state index is 11.4. The Labute approximate surface area is 71.4 Å². The largest absolute Gasteiger partial charge is 0.297 e. The van der Waals surface area contributed by atoms with Crippen LogP contribution in [0.1, 0.15) is 19.8 Å². The molecule has 0 spiro atoms. The Morgan fingerprint density at radius 2 is 2.45 bits per heavy atom. The predicted molar refractivity (Wildman–Crippen MR) is 44.6 cm³/mol. The van der Waals surface area contributed by atoms with Gasteiger partial charge in [-0.3, -0.25) is 4.79 Å². The van der Waals surface area contributed by atoms with Gasteiger partial charge in [0.05, 0.1) is 0 Å². The van der Waals surface area contributed by atoms with Gasteiger partial charge in [0.25, 0.3) is 0 Å². The number of carbonyl (C=O) groups excluding carboxylic acids is 1. The third-order valence-corrected chi connectivity index (χ3v) is 3.30. The SMILES string of the molecule is C[C@@]1(Cl)C(=O)[C@H]2CCC=C[C@H]21. The van der Waals surface area contributed by atoms with Crippen LogP contribution in [-0.2, 0) is 4.79 Å². The number of carbonyl (C=O) groups is 1. The van der Waals surface area contributed by atoms with Gasteiger partial charge >= 0.3 is 0 Å². The molecule has 1 nitrogen and oxygen atoms in total. The van der Waals surface area contributed by atoms with Crippen molar-refractivity contribution in [2.45, 2.75) is 24.6 Å². The molecule has 11 heavy (non-hydrogen) atoms. The molecule has 0 N–H and O–H groups in total. The van der Waals surface area contributed by atoms with Gasteiger partial charge in [-0.25, -0.2) is 0 Å². The molecule has 0 aromatic rings. The Kier molecular flexibility index (Phi) is 1.40. The Morgan fingerprint density at radius 3 is 3.09 bits per heavy atom. The zero-order valence-corrected chi connectivity index (χ0v) is 7.27. The van der Waals surface area contributed by atoms with Crippen LogP contribution in [0.2, 0.25) is 0 Å². The van der Waals surface area contributed by atoms with Crippen LogP contribution in [0.5, 0.6) is 0 Å². The quantitative estimate of drug-likeness (QED) is 0.402. The van der Waals surface area contributed by atoms with Crippen molar-refractivity contribution in [2.75, 3.05) is 0 Å². The summed E-state index contributed by atoms with van der Waals surface area (Å²) in [5, 5.41) is 0. The van der Waals surface area contributed by atoms with Crippen molar-refractivity contribution in [3.63, 3.8) is 0 Å². The van der Waals surface area contributed by atoms with Gasteiger partial charge in [0, 0.05) is 11.8 Å². The molecule has 3 atom stereocenters. The van der Waals surface area contributed by atoms with Crippen LogP contribution in [-0.4, -0.2) is 10.7 Å². The van der Waals surface area contributed by atoms with E-state index in [2.05, 4.69) is 12.2 Å². The molecule has 2 rings (SSSR count). The van der Waals surface area contributed by atoms with Crippen molar-refractivity contribution in [1.29, 1.82) is 0 Å². The molecular weight excluding hydrogens is 160 g/mol. The normalized spacial score (nSPS) is 48.4. The predicted octanol–water partition coefficient (Wildman–Crippen LogP) is 2.15. The van der Waals surface area contributed by atoms with Gasteiger partial charge in [-0.1, -0.05) is 12.2 Å². The van der Waals surface area contributed by atoms with E-state index in [0.29, 0.717) is 5.92 Å². The molecule has 2 aliphatic carbocycles. The maximum absolute atomic E-state index is 11.4. The fourth-order valence-corrected chi connectivity index (χ4v) is 2.48. The van der Waals surface area contributed by atoms with Crippen molar-refractivity contribution in [1.82, 2.24) is 0 Å². The number of halogens is 1. The minimum absolute atomic E-state index is 0.238. The first-order chi connectivity index (χ1) is 5.14. The van der Waals surface area contributed by atoms with Gasteiger partial charge in [-0.15, -0.1) is 11.6 Å². The molecule has 0 amide bonds. The summed E-state index contributed by atoms with van der Waals surface area (Å²) in [5.74, 6) is 0.793. The van der Waals surface area contributed by atoms with E-state index in [4.69, 9.17) is 11.6 Å². The number of hydrogen-bond acceptors (Lipinski definition) is 1. The number of Topliss-reactive ketones (excluding diaryl/α,β-unsaturated/α-hetero) is 1. The van der Waals surface area contributed by atoms with Crippen LogP contribution in [0.15, 0.2) is 12.2 Å². The van der Waals surface area contributed by atoms with Crippen LogP contribution in [0, 0.1) is 11.8 Å². The summed E-state index contributed by atoms with van der Waals surface area (Å²) < 4.78 is 0. The molecule has 1 fully saturated rings. The second-order valence-corrected chi connectivity index (χ2v) is 4.36. The van der Waals surface area contributed by atoms with E-state index < -0.39 is 4.87 Å². The van der Waals surface area contributed by atoms with Gasteiger partial charge < -0.3 is 0 Å². The summed E-state index contributed by atoms with van der Waals surface area (Å²) in [6.45, 7) is 1.83. The molecule has 0 aromatic heterocycles. The van der Waals surface area contributed by atoms with Crippen LogP contribution in [0.3, 0.4) is 0 Å². The molecule has 0 aliphatic heterocycles. The average Bonchev–Trinajstić information content (AvgIpc) is 2.04. The van der Waals surface area contributed by atoms with Gasteiger partial charge in [0.2, 0.25) is 0 Å². The first-order valence-corrected chi connectivity index (χ1v) is 4.41. The van der Waals surface area contributed by atoms with Gasteiger partial charge in [0.1, 0.15) is 4.87 Å². The highest BCUT2D eigenvalue weighted by Crippen LogP contribution is 2.49. The van der Waals surface area contributed by atoms with Crippen molar-refractivity contribution in [3.05, 3.63) is 12.2 Å². The van der Waals surface area contributed by atoms with E-state index in [1.54, 1.807) is 0 Å². The van der Waals surface area contributed by atoms with Crippen molar-refractivity contribution in [3.8, 4) is 0 Å². The zero-order chi connectivity index (χ0) is 8.06. The summed E-state index contributed by atoms with van der Waals surface area (Å²) in [6, 6.07) is 0. The molecule has 0 unspecified atom stereocenters. The van der Waals surface area contributed by atoms with Crippen molar-refractivity contribution < 1.29 is 4.79 Å². The average molecular weight is 171 g/mol. The fourth-order valence-electron chi connectivity index (χ4n) is 2.12. The Bertz CT molecular complexity index is 230. The minimum Gasteiger partial charge on any atom is -0.297 e. The lowest BCUT2D eigenvalue weighted by atomic mass is 9.60. The molecule has 0 bridgehead atoms.